The van der Waals surface area contributed by atoms with Crippen molar-refractivity contribution in [1.82, 2.24) is 0 Å². The number of ether oxygens (including phenoxy) is 2. The number of carboxylic acids is 1. The summed E-state index contributed by atoms with van der Waals surface area (Å²) in [6.07, 6.45) is 1.69. The summed E-state index contributed by atoms with van der Waals surface area (Å²) < 4.78 is 12.1. The van der Waals surface area contributed by atoms with Crippen LogP contribution in [-0.2, 0) is 4.79 Å². The fourth-order valence-electron chi connectivity index (χ4n) is 3.69. The number of aliphatic carboxylic acids is 1. The molecule has 0 aromatic heterocycles. The van der Waals surface area contributed by atoms with E-state index in [2.05, 4.69) is 51.6 Å². The van der Waals surface area contributed by atoms with E-state index in [1.807, 2.05) is 54.6 Å². The minimum atomic E-state index is -1.01. The third-order valence-electron chi connectivity index (χ3n) is 5.04. The van der Waals surface area contributed by atoms with Crippen molar-refractivity contribution in [3.63, 3.8) is 0 Å². The number of carboxylic acid groups (broad SMARTS) is 1. The SMILES string of the molecule is CC(C)(C)COc1ccc2ccccc2c1-c1c(OCC(=O)O)ccc2ccccc12.CS. The molecule has 0 saturated heterocycles. The van der Waals surface area contributed by atoms with Gasteiger partial charge in [-0.2, -0.15) is 12.6 Å². The van der Waals surface area contributed by atoms with Gasteiger partial charge in [0.2, 0.25) is 0 Å². The molecular weight excluding hydrogens is 432 g/mol. The Bertz CT molecular complexity index is 1260. The number of fused-ring (bicyclic) bond motifs is 2. The molecule has 5 heteroatoms. The topological polar surface area (TPSA) is 55.8 Å². The average Bonchev–Trinajstić information content (AvgIpc) is 2.81. The maximum absolute atomic E-state index is 11.2. The number of carbonyl (C=O) groups is 1. The predicted molar refractivity (Wildman–Crippen MR) is 140 cm³/mol. The Labute approximate surface area is 200 Å². The third-order valence-corrected chi connectivity index (χ3v) is 5.04. The van der Waals surface area contributed by atoms with Crippen LogP contribution in [0.2, 0.25) is 0 Å². The van der Waals surface area contributed by atoms with Crippen LogP contribution in [0.1, 0.15) is 20.8 Å². The van der Waals surface area contributed by atoms with Gasteiger partial charge in [0, 0.05) is 11.1 Å². The highest BCUT2D eigenvalue weighted by Gasteiger charge is 2.21. The highest BCUT2D eigenvalue weighted by Crippen LogP contribution is 2.45. The van der Waals surface area contributed by atoms with Crippen LogP contribution in [0.4, 0.5) is 0 Å². The number of hydrogen-bond acceptors (Lipinski definition) is 4. The number of benzene rings is 4. The van der Waals surface area contributed by atoms with Gasteiger partial charge in [0.25, 0.3) is 0 Å². The molecule has 0 radical (unpaired) electrons. The zero-order valence-corrected chi connectivity index (χ0v) is 20.4. The Kier molecular flexibility index (Phi) is 7.88. The van der Waals surface area contributed by atoms with E-state index >= 15 is 0 Å². The molecule has 4 nitrogen and oxygen atoms in total. The van der Waals surface area contributed by atoms with Gasteiger partial charge in [-0.05, 0) is 45.3 Å². The summed E-state index contributed by atoms with van der Waals surface area (Å²) >= 11 is 3.53. The van der Waals surface area contributed by atoms with Crippen LogP contribution in [0.5, 0.6) is 11.5 Å². The van der Waals surface area contributed by atoms with Gasteiger partial charge < -0.3 is 14.6 Å². The summed E-state index contributed by atoms with van der Waals surface area (Å²) in [6.45, 7) is 6.54. The van der Waals surface area contributed by atoms with Crippen molar-refractivity contribution in [2.45, 2.75) is 20.8 Å². The van der Waals surface area contributed by atoms with Crippen LogP contribution in [0, 0.1) is 5.41 Å². The fourth-order valence-corrected chi connectivity index (χ4v) is 3.69. The van der Waals surface area contributed by atoms with Crippen LogP contribution in [0.25, 0.3) is 32.7 Å². The van der Waals surface area contributed by atoms with Crippen LogP contribution >= 0.6 is 12.6 Å². The average molecular weight is 463 g/mol. The molecule has 0 saturated carbocycles. The second-order valence-corrected chi connectivity index (χ2v) is 8.85. The largest absolute Gasteiger partial charge is 0.492 e. The van der Waals surface area contributed by atoms with Gasteiger partial charge in [-0.1, -0.05) is 81.4 Å². The van der Waals surface area contributed by atoms with Crippen molar-refractivity contribution in [2.75, 3.05) is 19.5 Å². The first kappa shape index (κ1) is 24.5. The van der Waals surface area contributed by atoms with Crippen molar-refractivity contribution in [3.8, 4) is 22.6 Å². The fraction of sp³-hybridized carbons (Fsp3) is 0.250. The van der Waals surface area contributed by atoms with Crippen molar-refractivity contribution >= 4 is 40.1 Å². The third kappa shape index (κ3) is 5.79. The Hall–Kier alpha value is -3.18. The first-order valence-electron chi connectivity index (χ1n) is 10.8. The first-order chi connectivity index (χ1) is 15.8. The van der Waals surface area contributed by atoms with Gasteiger partial charge in [0.15, 0.2) is 6.61 Å². The molecule has 0 bridgehead atoms. The maximum Gasteiger partial charge on any atom is 0.341 e. The van der Waals surface area contributed by atoms with Gasteiger partial charge >= 0.3 is 5.97 Å². The van der Waals surface area contributed by atoms with E-state index in [0.717, 1.165) is 38.4 Å². The minimum Gasteiger partial charge on any atom is -0.492 e. The number of rotatable bonds is 6. The smallest absolute Gasteiger partial charge is 0.341 e. The molecule has 1 N–H and O–H groups in total. The van der Waals surface area contributed by atoms with Crippen molar-refractivity contribution < 1.29 is 19.4 Å². The van der Waals surface area contributed by atoms with Gasteiger partial charge in [-0.15, -0.1) is 0 Å². The molecule has 0 aliphatic rings. The van der Waals surface area contributed by atoms with Gasteiger partial charge in [-0.25, -0.2) is 4.79 Å². The molecule has 0 atom stereocenters. The summed E-state index contributed by atoms with van der Waals surface area (Å²) in [5.41, 5.74) is 1.75. The molecule has 172 valence electrons. The van der Waals surface area contributed by atoms with Gasteiger partial charge in [0.1, 0.15) is 11.5 Å². The molecule has 0 spiro atoms. The Morgan fingerprint density at radius 1 is 0.758 bits per heavy atom. The molecule has 0 unspecified atom stereocenters. The lowest BCUT2D eigenvalue weighted by atomic mass is 9.92. The summed E-state index contributed by atoms with van der Waals surface area (Å²) in [5.74, 6) is 0.268. The lowest BCUT2D eigenvalue weighted by Gasteiger charge is -2.23. The van der Waals surface area contributed by atoms with E-state index < -0.39 is 12.6 Å². The molecule has 0 aliphatic carbocycles. The highest BCUT2D eigenvalue weighted by molar-refractivity contribution is 7.79. The van der Waals surface area contributed by atoms with E-state index in [-0.39, 0.29) is 5.41 Å². The van der Waals surface area contributed by atoms with Gasteiger partial charge in [0.05, 0.1) is 6.61 Å². The van der Waals surface area contributed by atoms with Crippen LogP contribution in [-0.4, -0.2) is 30.5 Å². The molecule has 4 aromatic carbocycles. The van der Waals surface area contributed by atoms with E-state index in [1.165, 1.54) is 0 Å². The summed E-state index contributed by atoms with van der Waals surface area (Å²) in [6, 6.07) is 24.0. The molecule has 0 fully saturated rings. The van der Waals surface area contributed by atoms with Gasteiger partial charge in [-0.3, -0.25) is 0 Å². The molecule has 33 heavy (non-hydrogen) atoms. The van der Waals surface area contributed by atoms with Crippen molar-refractivity contribution in [1.29, 1.82) is 0 Å². The predicted octanol–water partition coefficient (Wildman–Crippen LogP) is 7.09. The maximum atomic E-state index is 11.2. The lowest BCUT2D eigenvalue weighted by Crippen LogP contribution is -2.17. The Morgan fingerprint density at radius 2 is 1.21 bits per heavy atom. The molecule has 0 aliphatic heterocycles. The minimum absolute atomic E-state index is 0.00961. The zero-order valence-electron chi connectivity index (χ0n) is 19.5. The van der Waals surface area contributed by atoms with E-state index in [9.17, 15) is 9.90 Å². The molecule has 0 heterocycles. The monoisotopic (exact) mass is 462 g/mol. The second kappa shape index (κ2) is 10.6. The quantitative estimate of drug-likeness (QED) is 0.300. The van der Waals surface area contributed by atoms with Crippen LogP contribution in [0.15, 0.2) is 72.8 Å². The summed E-state index contributed by atoms with van der Waals surface area (Å²) in [4.78, 5) is 11.2. The highest BCUT2D eigenvalue weighted by atomic mass is 32.1. The number of thiol groups is 1. The molecule has 4 rings (SSSR count). The van der Waals surface area contributed by atoms with Crippen molar-refractivity contribution in [3.05, 3.63) is 72.8 Å². The summed E-state index contributed by atoms with van der Waals surface area (Å²) in [7, 11) is 0. The van der Waals surface area contributed by atoms with Crippen LogP contribution in [0.3, 0.4) is 0 Å². The molecule has 4 aromatic rings. The molecule has 0 amide bonds. The van der Waals surface area contributed by atoms with E-state index in [1.54, 1.807) is 6.26 Å². The van der Waals surface area contributed by atoms with E-state index in [4.69, 9.17) is 9.47 Å². The lowest BCUT2D eigenvalue weighted by molar-refractivity contribution is -0.139. The summed E-state index contributed by atoms with van der Waals surface area (Å²) in [5, 5.41) is 13.4. The standard InChI is InChI=1S/C27H26O4.CH4S/c1-27(2,3)17-31-23-15-13-19-9-5-7-11-21(19)26(23)25-20-10-6-4-8-18(20)12-14-22(25)30-16-24(28)29;1-2/h4-15H,16-17H2,1-3H3,(H,28,29);2H,1H3. The number of hydrogen-bond donors (Lipinski definition) is 2. The zero-order chi connectivity index (χ0) is 24.0. The first-order valence-corrected chi connectivity index (χ1v) is 11.7. The van der Waals surface area contributed by atoms with Crippen molar-refractivity contribution in [2.24, 2.45) is 5.41 Å². The Morgan fingerprint density at radius 3 is 1.67 bits per heavy atom. The molecular formula is C28H30O4S. The second-order valence-electron chi connectivity index (χ2n) is 8.85. The normalized spacial score (nSPS) is 11.1. The van der Waals surface area contributed by atoms with E-state index in [0.29, 0.717) is 12.4 Å². The van der Waals surface area contributed by atoms with Crippen LogP contribution < -0.4 is 9.47 Å². The Balaban J connectivity index is 0.00000149.